The zero-order chi connectivity index (χ0) is 19.3. The van der Waals surface area contributed by atoms with E-state index in [9.17, 15) is 27.7 Å². The maximum Gasteiger partial charge on any atom is 0.300 e. The lowest BCUT2D eigenvalue weighted by Crippen LogP contribution is -2.31. The second kappa shape index (κ2) is 8.64. The van der Waals surface area contributed by atoms with E-state index in [4.69, 9.17) is 0 Å². The van der Waals surface area contributed by atoms with Crippen molar-refractivity contribution in [3.63, 3.8) is 0 Å². The van der Waals surface area contributed by atoms with Gasteiger partial charge in [0.05, 0.1) is 5.69 Å². The van der Waals surface area contributed by atoms with Crippen LogP contribution >= 0.6 is 0 Å². The lowest BCUT2D eigenvalue weighted by atomic mass is 10.0. The van der Waals surface area contributed by atoms with Crippen LogP contribution in [0.2, 0.25) is 0 Å². The van der Waals surface area contributed by atoms with Gasteiger partial charge in [-0.3, -0.25) is 14.1 Å². The second-order valence-corrected chi connectivity index (χ2v) is 7.90. The van der Waals surface area contributed by atoms with Crippen molar-refractivity contribution in [2.45, 2.75) is 69.6 Å². The summed E-state index contributed by atoms with van der Waals surface area (Å²) in [6.07, 6.45) is 6.57. The van der Waals surface area contributed by atoms with E-state index >= 15 is 0 Å². The molecule has 0 radical (unpaired) electrons. The zero-order valence-electron chi connectivity index (χ0n) is 14.9. The summed E-state index contributed by atoms with van der Waals surface area (Å²) in [6.45, 7) is 2.13. The van der Waals surface area contributed by atoms with Gasteiger partial charge < -0.3 is 5.11 Å². The van der Waals surface area contributed by atoms with Crippen molar-refractivity contribution in [2.24, 2.45) is 0 Å². The number of unbranched alkanes of at least 4 members (excludes halogenated alkanes) is 5. The Balaban J connectivity index is 2.36. The third-order valence-corrected chi connectivity index (χ3v) is 5.45. The van der Waals surface area contributed by atoms with E-state index in [0.717, 1.165) is 43.4 Å². The summed E-state index contributed by atoms with van der Waals surface area (Å²) in [5.74, 6) is -1.74. The van der Waals surface area contributed by atoms with Gasteiger partial charge in [0.15, 0.2) is 4.90 Å². The van der Waals surface area contributed by atoms with Crippen molar-refractivity contribution in [3.05, 3.63) is 17.7 Å². The maximum absolute atomic E-state index is 12.1. The number of hydrogen-bond acceptors (Lipinski definition) is 5. The van der Waals surface area contributed by atoms with E-state index in [1.807, 2.05) is 0 Å². The summed E-state index contributed by atoms with van der Waals surface area (Å²) in [6, 6.07) is 2.67. The number of imide groups is 1. The van der Waals surface area contributed by atoms with Gasteiger partial charge in [-0.25, -0.2) is 4.90 Å². The molecule has 1 aromatic carbocycles. The molecule has 26 heavy (non-hydrogen) atoms. The first-order valence-electron chi connectivity index (χ1n) is 8.95. The van der Waals surface area contributed by atoms with Crippen LogP contribution in [-0.4, -0.2) is 29.9 Å². The van der Waals surface area contributed by atoms with Gasteiger partial charge in [-0.2, -0.15) is 8.42 Å². The van der Waals surface area contributed by atoms with Crippen LogP contribution in [-0.2, 0) is 26.1 Å². The van der Waals surface area contributed by atoms with Crippen LogP contribution in [0.5, 0.6) is 5.75 Å². The number of hydrogen-bond donors (Lipinski definition) is 2. The molecule has 0 saturated carbocycles. The number of benzene rings is 1. The Morgan fingerprint density at radius 2 is 1.58 bits per heavy atom. The molecule has 7 nitrogen and oxygen atoms in total. The number of carbonyl (C=O) groups is 2. The predicted octanol–water partition coefficient (Wildman–Crippen LogP) is 3.20. The average Bonchev–Trinajstić information content (AvgIpc) is 2.89. The first kappa shape index (κ1) is 20.4. The standard InChI is InChI=1S/C18H25NO6S/c1-2-3-4-5-6-7-8-13-9-10-14(20)18(26(23,24)25)17(13)19-15(21)11-12-16(19)22/h9-10,20H,2-8,11-12H2,1H3,(H,23,24,25). The molecule has 0 aromatic heterocycles. The minimum atomic E-state index is -4.81. The van der Waals surface area contributed by atoms with Crippen molar-refractivity contribution in [2.75, 3.05) is 4.90 Å². The first-order chi connectivity index (χ1) is 12.3. The van der Waals surface area contributed by atoms with Gasteiger partial charge in [0.1, 0.15) is 5.75 Å². The SMILES string of the molecule is CCCCCCCCc1ccc(O)c(S(=O)(=O)O)c1N1C(=O)CCC1=O. The van der Waals surface area contributed by atoms with Crippen LogP contribution < -0.4 is 4.90 Å². The number of phenols is 1. The molecule has 2 amide bonds. The Hall–Kier alpha value is -1.93. The monoisotopic (exact) mass is 383 g/mol. The summed E-state index contributed by atoms with van der Waals surface area (Å²) in [4.78, 5) is 24.3. The van der Waals surface area contributed by atoms with Crippen LogP contribution in [0, 0.1) is 0 Å². The van der Waals surface area contributed by atoms with E-state index in [1.54, 1.807) is 0 Å². The largest absolute Gasteiger partial charge is 0.506 e. The van der Waals surface area contributed by atoms with Crippen molar-refractivity contribution in [1.29, 1.82) is 0 Å². The van der Waals surface area contributed by atoms with E-state index in [-0.39, 0.29) is 18.5 Å². The van der Waals surface area contributed by atoms with Crippen molar-refractivity contribution >= 4 is 27.6 Å². The molecule has 144 valence electrons. The molecule has 0 spiro atoms. The third kappa shape index (κ3) is 4.62. The Morgan fingerprint density at radius 1 is 1.00 bits per heavy atom. The van der Waals surface area contributed by atoms with Crippen LogP contribution in [0.4, 0.5) is 5.69 Å². The van der Waals surface area contributed by atoms with Gasteiger partial charge in [0.25, 0.3) is 10.1 Å². The number of phenolic OH excluding ortho intramolecular Hbond substituents is 1. The smallest absolute Gasteiger partial charge is 0.300 e. The number of nitrogens with zero attached hydrogens (tertiary/aromatic N) is 1. The quantitative estimate of drug-likeness (QED) is 0.385. The molecule has 1 aliphatic rings. The molecule has 2 rings (SSSR count). The highest BCUT2D eigenvalue weighted by atomic mass is 32.2. The molecule has 0 unspecified atom stereocenters. The van der Waals surface area contributed by atoms with Gasteiger partial charge in [-0.15, -0.1) is 0 Å². The molecule has 1 aliphatic heterocycles. The molecule has 0 aliphatic carbocycles. The summed E-state index contributed by atoms with van der Waals surface area (Å²) in [5, 5.41) is 9.96. The Labute approximate surface area is 153 Å². The highest BCUT2D eigenvalue weighted by Crippen LogP contribution is 2.39. The minimum absolute atomic E-state index is 0.0180. The van der Waals surface area contributed by atoms with Gasteiger partial charge in [0, 0.05) is 12.8 Å². The maximum atomic E-state index is 12.1. The van der Waals surface area contributed by atoms with Crippen molar-refractivity contribution < 1.29 is 27.7 Å². The molecule has 1 aromatic rings. The van der Waals surface area contributed by atoms with E-state index in [1.165, 1.54) is 12.1 Å². The van der Waals surface area contributed by atoms with Gasteiger partial charge >= 0.3 is 0 Å². The van der Waals surface area contributed by atoms with Gasteiger partial charge in [-0.1, -0.05) is 45.1 Å². The Kier molecular flexibility index (Phi) is 6.77. The molecule has 8 heteroatoms. The number of anilines is 1. The fourth-order valence-corrected chi connectivity index (χ4v) is 4.02. The van der Waals surface area contributed by atoms with Crippen LogP contribution in [0.1, 0.15) is 63.9 Å². The summed E-state index contributed by atoms with van der Waals surface area (Å²) in [7, 11) is -4.81. The topological polar surface area (TPSA) is 112 Å². The summed E-state index contributed by atoms with van der Waals surface area (Å²) >= 11 is 0. The molecular weight excluding hydrogens is 358 g/mol. The number of amides is 2. The van der Waals surface area contributed by atoms with Crippen LogP contribution in [0.15, 0.2) is 17.0 Å². The number of carbonyl (C=O) groups excluding carboxylic acids is 2. The fraction of sp³-hybridized carbons (Fsp3) is 0.556. The predicted molar refractivity (Wildman–Crippen MR) is 96.7 cm³/mol. The van der Waals surface area contributed by atoms with Crippen molar-refractivity contribution in [1.82, 2.24) is 0 Å². The molecule has 1 fully saturated rings. The number of rotatable bonds is 9. The third-order valence-electron chi connectivity index (χ3n) is 4.53. The lowest BCUT2D eigenvalue weighted by Gasteiger charge is -2.21. The lowest BCUT2D eigenvalue weighted by molar-refractivity contribution is -0.121. The van der Waals surface area contributed by atoms with Gasteiger partial charge in [0.2, 0.25) is 11.8 Å². The van der Waals surface area contributed by atoms with E-state index in [0.29, 0.717) is 12.0 Å². The molecular formula is C18H25NO6S. The molecule has 0 bridgehead atoms. The number of aryl methyl sites for hydroxylation is 1. The first-order valence-corrected chi connectivity index (χ1v) is 10.4. The minimum Gasteiger partial charge on any atom is -0.506 e. The van der Waals surface area contributed by atoms with E-state index in [2.05, 4.69) is 6.92 Å². The highest BCUT2D eigenvalue weighted by molar-refractivity contribution is 7.86. The summed E-state index contributed by atoms with van der Waals surface area (Å²) < 4.78 is 33.1. The molecule has 2 N–H and O–H groups in total. The molecule has 1 saturated heterocycles. The Morgan fingerprint density at radius 3 is 2.15 bits per heavy atom. The van der Waals surface area contributed by atoms with E-state index < -0.39 is 32.6 Å². The average molecular weight is 383 g/mol. The Bertz CT molecular complexity index is 771. The normalized spacial score (nSPS) is 15.1. The van der Waals surface area contributed by atoms with Crippen molar-refractivity contribution in [3.8, 4) is 5.75 Å². The summed E-state index contributed by atoms with van der Waals surface area (Å²) in [5.41, 5.74) is 0.253. The highest BCUT2D eigenvalue weighted by Gasteiger charge is 2.37. The van der Waals surface area contributed by atoms with Crippen LogP contribution in [0.25, 0.3) is 0 Å². The molecule has 1 heterocycles. The second-order valence-electron chi connectivity index (χ2n) is 6.54. The van der Waals surface area contributed by atoms with Gasteiger partial charge in [-0.05, 0) is 24.5 Å². The fourth-order valence-electron chi connectivity index (χ4n) is 3.22. The zero-order valence-corrected chi connectivity index (χ0v) is 15.7. The van der Waals surface area contributed by atoms with Crippen LogP contribution in [0.3, 0.4) is 0 Å². The number of aromatic hydroxyl groups is 1. The molecule has 0 atom stereocenters.